The first-order valence-electron chi connectivity index (χ1n) is 11.1. The quantitative estimate of drug-likeness (QED) is 0.501. The maximum absolute atomic E-state index is 11.8. The number of esters is 1. The van der Waals surface area contributed by atoms with Crippen molar-refractivity contribution < 1.29 is 19.1 Å². The lowest BCUT2D eigenvalue weighted by Gasteiger charge is -2.61. The monoisotopic (exact) mass is 388 g/mol. The van der Waals surface area contributed by atoms with Crippen LogP contribution in [0.25, 0.3) is 0 Å². The molecule has 3 fully saturated rings. The Hall–Kier alpha value is -1.32. The Morgan fingerprint density at radius 2 is 1.79 bits per heavy atom. The second-order valence-corrected chi connectivity index (χ2v) is 10.6. The van der Waals surface area contributed by atoms with E-state index in [9.17, 15) is 9.59 Å². The largest absolute Gasteiger partial charge is 0.501 e. The Kier molecular flexibility index (Phi) is 4.71. The van der Waals surface area contributed by atoms with Gasteiger partial charge in [-0.05, 0) is 81.0 Å². The lowest BCUT2D eigenvalue weighted by Crippen LogP contribution is -2.56. The Morgan fingerprint density at radius 3 is 2.43 bits per heavy atom. The van der Waals surface area contributed by atoms with Gasteiger partial charge in [-0.25, -0.2) is 0 Å². The number of carbonyl (C=O) groups is 2. The van der Waals surface area contributed by atoms with Crippen LogP contribution in [0.3, 0.4) is 0 Å². The molecule has 4 aliphatic rings. The summed E-state index contributed by atoms with van der Waals surface area (Å²) >= 11 is 0. The summed E-state index contributed by atoms with van der Waals surface area (Å²) in [5.74, 6) is 3.31. The van der Waals surface area contributed by atoms with Gasteiger partial charge in [0.05, 0.1) is 7.11 Å². The molecule has 0 aliphatic heterocycles. The molecule has 4 nitrogen and oxygen atoms in total. The molecule has 3 saturated carbocycles. The zero-order valence-corrected chi connectivity index (χ0v) is 18.2. The molecule has 0 spiro atoms. The highest BCUT2D eigenvalue weighted by atomic mass is 16.6. The first-order valence-corrected chi connectivity index (χ1v) is 11.1. The van der Waals surface area contributed by atoms with Crippen molar-refractivity contribution in [1.82, 2.24) is 0 Å². The zero-order chi connectivity index (χ0) is 20.3. The summed E-state index contributed by atoms with van der Waals surface area (Å²) in [5, 5.41) is 0. The van der Waals surface area contributed by atoms with Gasteiger partial charge in [-0.3, -0.25) is 9.59 Å². The normalized spacial score (nSPS) is 47.6. The molecule has 0 aromatic heterocycles. The topological polar surface area (TPSA) is 52.6 Å². The fraction of sp³-hybridized carbons (Fsp3) is 0.833. The van der Waals surface area contributed by atoms with E-state index in [-0.39, 0.29) is 22.4 Å². The number of ether oxygens (including phenoxy) is 2. The molecule has 0 N–H and O–H groups in total. The maximum Gasteiger partial charge on any atom is 0.303 e. The molecular weight excluding hydrogens is 352 g/mol. The number of aldehydes is 1. The first kappa shape index (κ1) is 20.0. The number of allylic oxidation sites excluding steroid dienone is 2. The van der Waals surface area contributed by atoms with Crippen LogP contribution in [0, 0.1) is 34.5 Å². The minimum atomic E-state index is -0.337. The number of carbonyl (C=O) groups excluding carboxylic acids is 2. The lowest BCUT2D eigenvalue weighted by molar-refractivity contribution is -0.182. The number of methoxy groups -OCH3 is 1. The van der Waals surface area contributed by atoms with E-state index >= 15 is 0 Å². The van der Waals surface area contributed by atoms with E-state index in [1.165, 1.54) is 19.3 Å². The zero-order valence-electron chi connectivity index (χ0n) is 18.2. The smallest absolute Gasteiger partial charge is 0.303 e. The van der Waals surface area contributed by atoms with Crippen molar-refractivity contribution in [2.75, 3.05) is 7.11 Å². The number of rotatable bonds is 3. The predicted octanol–water partition coefficient (Wildman–Crippen LogP) is 5.06. The fourth-order valence-electron chi connectivity index (χ4n) is 8.04. The molecule has 0 saturated heterocycles. The van der Waals surface area contributed by atoms with Gasteiger partial charge in [0.1, 0.15) is 17.6 Å². The van der Waals surface area contributed by atoms with Crippen molar-refractivity contribution in [3.8, 4) is 0 Å². The third-order valence-electron chi connectivity index (χ3n) is 9.71. The number of hydrogen-bond acceptors (Lipinski definition) is 4. The van der Waals surface area contributed by atoms with Crippen LogP contribution in [0.15, 0.2) is 11.3 Å². The molecule has 0 bridgehead atoms. The molecule has 0 aromatic rings. The van der Waals surface area contributed by atoms with E-state index < -0.39 is 0 Å². The minimum absolute atomic E-state index is 0.0682. The van der Waals surface area contributed by atoms with Gasteiger partial charge < -0.3 is 9.47 Å². The van der Waals surface area contributed by atoms with E-state index in [0.29, 0.717) is 23.7 Å². The SMILES string of the molecule is COC1=C(C=O)C[C@@]2(C)[C@@H](CC[C@@H]3[C@@H]2CC[C@@]2(C)[C@H]3CC[C@]2(C)OC(C)=O)C1. The van der Waals surface area contributed by atoms with Crippen LogP contribution in [-0.2, 0) is 19.1 Å². The van der Waals surface area contributed by atoms with Gasteiger partial charge in [0, 0.05) is 24.3 Å². The molecule has 4 heteroatoms. The second kappa shape index (κ2) is 6.60. The van der Waals surface area contributed by atoms with Crippen molar-refractivity contribution >= 4 is 12.3 Å². The van der Waals surface area contributed by atoms with E-state index in [2.05, 4.69) is 20.8 Å². The van der Waals surface area contributed by atoms with E-state index in [1.807, 2.05) is 0 Å². The number of hydrogen-bond donors (Lipinski definition) is 0. The van der Waals surface area contributed by atoms with Gasteiger partial charge in [0.25, 0.3) is 0 Å². The highest BCUT2D eigenvalue weighted by Gasteiger charge is 2.64. The first-order chi connectivity index (χ1) is 13.2. The van der Waals surface area contributed by atoms with Gasteiger partial charge >= 0.3 is 5.97 Å². The van der Waals surface area contributed by atoms with Crippen LogP contribution in [-0.4, -0.2) is 25.0 Å². The molecule has 28 heavy (non-hydrogen) atoms. The molecular formula is C24H36O4. The average Bonchev–Trinajstić information content (AvgIpc) is 2.90. The van der Waals surface area contributed by atoms with Crippen LogP contribution in [0.1, 0.15) is 79.1 Å². The molecule has 0 amide bonds. The van der Waals surface area contributed by atoms with Crippen LogP contribution < -0.4 is 0 Å². The second-order valence-electron chi connectivity index (χ2n) is 10.6. The summed E-state index contributed by atoms with van der Waals surface area (Å²) in [7, 11) is 1.70. The van der Waals surface area contributed by atoms with Gasteiger partial charge in [-0.15, -0.1) is 0 Å². The van der Waals surface area contributed by atoms with E-state index in [1.54, 1.807) is 14.0 Å². The predicted molar refractivity (Wildman–Crippen MR) is 107 cm³/mol. The van der Waals surface area contributed by atoms with Gasteiger partial charge in [0.15, 0.2) is 0 Å². The van der Waals surface area contributed by atoms with Crippen LogP contribution in [0.2, 0.25) is 0 Å². The van der Waals surface area contributed by atoms with Crippen LogP contribution in [0.5, 0.6) is 0 Å². The molecule has 0 heterocycles. The lowest BCUT2D eigenvalue weighted by atomic mass is 9.44. The molecule has 0 radical (unpaired) electrons. The van der Waals surface area contributed by atoms with Crippen molar-refractivity contribution in [3.05, 3.63) is 11.3 Å². The highest BCUT2D eigenvalue weighted by Crippen LogP contribution is 2.69. The summed E-state index contributed by atoms with van der Waals surface area (Å²) in [6.45, 7) is 8.52. The Morgan fingerprint density at radius 1 is 1.07 bits per heavy atom. The summed E-state index contributed by atoms with van der Waals surface area (Å²) in [6.07, 6.45) is 9.70. The number of fused-ring (bicyclic) bond motifs is 5. The van der Waals surface area contributed by atoms with Crippen molar-refractivity contribution in [1.29, 1.82) is 0 Å². The van der Waals surface area contributed by atoms with Gasteiger partial charge in [0.2, 0.25) is 0 Å². The standard InChI is InChI=1S/C24H36O4/c1-15(26)28-24(4)11-9-20-18-7-6-17-12-21(27-5)16(14-25)13-22(17,2)19(18)8-10-23(20,24)3/h14,17-20H,6-13H2,1-5H3/t17-,18+,19-,20-,22-,23-,24-/m0/s1. The van der Waals surface area contributed by atoms with Crippen molar-refractivity contribution in [2.45, 2.75) is 84.7 Å². The average molecular weight is 389 g/mol. The highest BCUT2D eigenvalue weighted by molar-refractivity contribution is 5.74. The molecule has 4 aliphatic carbocycles. The molecule has 4 rings (SSSR count). The fourth-order valence-corrected chi connectivity index (χ4v) is 8.04. The Bertz CT molecular complexity index is 711. The molecule has 7 atom stereocenters. The molecule has 156 valence electrons. The van der Waals surface area contributed by atoms with Gasteiger partial charge in [-0.2, -0.15) is 0 Å². The summed E-state index contributed by atoms with van der Waals surface area (Å²) in [5.41, 5.74) is 0.795. The van der Waals surface area contributed by atoms with Crippen LogP contribution in [0.4, 0.5) is 0 Å². The maximum atomic E-state index is 11.8. The van der Waals surface area contributed by atoms with Crippen molar-refractivity contribution in [2.24, 2.45) is 34.5 Å². The third-order valence-corrected chi connectivity index (χ3v) is 9.71. The van der Waals surface area contributed by atoms with E-state index in [0.717, 1.165) is 49.7 Å². The van der Waals surface area contributed by atoms with E-state index in [4.69, 9.17) is 9.47 Å². The molecule has 0 unspecified atom stereocenters. The Labute approximate surface area is 169 Å². The Balaban J connectivity index is 1.64. The van der Waals surface area contributed by atoms with Crippen LogP contribution >= 0.6 is 0 Å². The van der Waals surface area contributed by atoms with Crippen molar-refractivity contribution in [3.63, 3.8) is 0 Å². The summed E-state index contributed by atoms with van der Waals surface area (Å²) < 4.78 is 11.5. The third kappa shape index (κ3) is 2.62. The summed E-state index contributed by atoms with van der Waals surface area (Å²) in [4.78, 5) is 23.5. The molecule has 0 aromatic carbocycles. The minimum Gasteiger partial charge on any atom is -0.501 e. The summed E-state index contributed by atoms with van der Waals surface area (Å²) in [6, 6.07) is 0. The van der Waals surface area contributed by atoms with Gasteiger partial charge in [-0.1, -0.05) is 13.8 Å².